The molecule has 0 heterocycles. The summed E-state index contributed by atoms with van der Waals surface area (Å²) in [5.74, 6) is -0.204. The van der Waals surface area contributed by atoms with Crippen LogP contribution in [0, 0.1) is 6.92 Å². The van der Waals surface area contributed by atoms with Gasteiger partial charge in [0.1, 0.15) is 0 Å². The molecule has 4 nitrogen and oxygen atoms in total. The summed E-state index contributed by atoms with van der Waals surface area (Å²) >= 11 is 0. The van der Waals surface area contributed by atoms with Gasteiger partial charge >= 0.3 is 0 Å². The molecule has 0 atom stereocenters. The van der Waals surface area contributed by atoms with Crippen LogP contribution < -0.4 is 10.3 Å². The lowest BCUT2D eigenvalue weighted by atomic mass is 10.1. The van der Waals surface area contributed by atoms with Crippen LogP contribution >= 0.6 is 0 Å². The molecule has 0 aliphatic heterocycles. The van der Waals surface area contributed by atoms with E-state index < -0.39 is 0 Å². The summed E-state index contributed by atoms with van der Waals surface area (Å²) in [6.45, 7) is 8.20. The number of benzene rings is 2. The van der Waals surface area contributed by atoms with Gasteiger partial charge in [-0.25, -0.2) is 5.43 Å². The van der Waals surface area contributed by atoms with Crippen molar-refractivity contribution in [1.82, 2.24) is 5.43 Å². The predicted molar refractivity (Wildman–Crippen MR) is 96.2 cm³/mol. The monoisotopic (exact) mass is 309 g/mol. The van der Waals surface area contributed by atoms with Gasteiger partial charge in [0.25, 0.3) is 5.91 Å². The van der Waals surface area contributed by atoms with Crippen molar-refractivity contribution in [3.63, 3.8) is 0 Å². The number of rotatable bonds is 6. The first-order valence-electron chi connectivity index (χ1n) is 7.89. The Labute approximate surface area is 137 Å². The van der Waals surface area contributed by atoms with Crippen LogP contribution in [-0.4, -0.2) is 25.2 Å². The summed E-state index contributed by atoms with van der Waals surface area (Å²) in [7, 11) is 0. The topological polar surface area (TPSA) is 44.7 Å². The highest BCUT2D eigenvalue weighted by Gasteiger charge is 2.03. The lowest BCUT2D eigenvalue weighted by Gasteiger charge is -2.20. The van der Waals surface area contributed by atoms with Crippen LogP contribution in [0.2, 0.25) is 0 Å². The fraction of sp³-hybridized carbons (Fsp3) is 0.263. The molecule has 1 amide bonds. The number of carbonyl (C=O) groups is 1. The molecule has 2 aromatic carbocycles. The van der Waals surface area contributed by atoms with E-state index >= 15 is 0 Å². The molecule has 23 heavy (non-hydrogen) atoms. The number of nitrogens with one attached hydrogen (secondary N) is 1. The summed E-state index contributed by atoms with van der Waals surface area (Å²) in [5, 5.41) is 4.02. The first-order valence-corrected chi connectivity index (χ1v) is 7.89. The highest BCUT2D eigenvalue weighted by molar-refractivity contribution is 5.95. The molecule has 0 aliphatic rings. The SMILES string of the molecule is CCN(CC)c1ccc(/C=N\NC(=O)c2cccc(C)c2)cc1. The maximum absolute atomic E-state index is 12.0. The summed E-state index contributed by atoms with van der Waals surface area (Å²) in [6, 6.07) is 15.6. The minimum Gasteiger partial charge on any atom is -0.372 e. The number of aryl methyl sites for hydroxylation is 1. The zero-order chi connectivity index (χ0) is 16.7. The number of carbonyl (C=O) groups excluding carboxylic acids is 1. The number of hydrogen-bond acceptors (Lipinski definition) is 3. The van der Waals surface area contributed by atoms with E-state index in [2.05, 4.69) is 41.4 Å². The molecule has 2 aromatic rings. The Kier molecular flexibility index (Phi) is 5.92. The molecule has 0 bridgehead atoms. The Hall–Kier alpha value is -2.62. The van der Waals surface area contributed by atoms with Crippen molar-refractivity contribution in [3.05, 3.63) is 65.2 Å². The van der Waals surface area contributed by atoms with Crippen molar-refractivity contribution in [2.45, 2.75) is 20.8 Å². The van der Waals surface area contributed by atoms with E-state index in [-0.39, 0.29) is 5.91 Å². The van der Waals surface area contributed by atoms with Crippen molar-refractivity contribution >= 4 is 17.8 Å². The zero-order valence-corrected chi connectivity index (χ0v) is 13.9. The fourth-order valence-corrected chi connectivity index (χ4v) is 2.38. The predicted octanol–water partition coefficient (Wildman–Crippen LogP) is 3.61. The largest absolute Gasteiger partial charge is 0.372 e. The highest BCUT2D eigenvalue weighted by atomic mass is 16.2. The minimum atomic E-state index is -0.204. The van der Waals surface area contributed by atoms with Crippen molar-refractivity contribution < 1.29 is 4.79 Å². The standard InChI is InChI=1S/C19H23N3O/c1-4-22(5-2)18-11-9-16(10-12-18)14-20-21-19(23)17-8-6-7-15(3)13-17/h6-14H,4-5H2,1-3H3,(H,21,23)/b20-14-. The second-order valence-electron chi connectivity index (χ2n) is 5.33. The van der Waals surface area contributed by atoms with Gasteiger partial charge in [-0.3, -0.25) is 4.79 Å². The number of anilines is 1. The highest BCUT2D eigenvalue weighted by Crippen LogP contribution is 2.14. The molecule has 0 spiro atoms. The molecule has 0 aromatic heterocycles. The molecule has 0 saturated heterocycles. The summed E-state index contributed by atoms with van der Waals surface area (Å²) in [6.07, 6.45) is 1.65. The first-order chi connectivity index (χ1) is 11.1. The van der Waals surface area contributed by atoms with Crippen LogP contribution in [0.1, 0.15) is 35.3 Å². The van der Waals surface area contributed by atoms with Gasteiger partial charge in [0.05, 0.1) is 6.21 Å². The van der Waals surface area contributed by atoms with Gasteiger partial charge < -0.3 is 4.90 Å². The maximum atomic E-state index is 12.0. The third-order valence-electron chi connectivity index (χ3n) is 3.68. The minimum absolute atomic E-state index is 0.204. The molecular weight excluding hydrogens is 286 g/mol. The van der Waals surface area contributed by atoms with E-state index in [4.69, 9.17) is 0 Å². The smallest absolute Gasteiger partial charge is 0.271 e. The number of hydrazone groups is 1. The van der Waals surface area contributed by atoms with E-state index in [9.17, 15) is 4.79 Å². The second-order valence-corrected chi connectivity index (χ2v) is 5.33. The third-order valence-corrected chi connectivity index (χ3v) is 3.68. The van der Waals surface area contributed by atoms with Crippen molar-refractivity contribution in [2.75, 3.05) is 18.0 Å². The van der Waals surface area contributed by atoms with E-state index in [0.29, 0.717) is 5.56 Å². The van der Waals surface area contributed by atoms with Crippen LogP contribution in [-0.2, 0) is 0 Å². The van der Waals surface area contributed by atoms with Crippen molar-refractivity contribution in [2.24, 2.45) is 5.10 Å². The van der Waals surface area contributed by atoms with Gasteiger partial charge in [-0.15, -0.1) is 0 Å². The molecule has 0 fully saturated rings. The van der Waals surface area contributed by atoms with Gasteiger partial charge in [0, 0.05) is 24.3 Å². The Balaban J connectivity index is 1.96. The van der Waals surface area contributed by atoms with Crippen LogP contribution in [0.5, 0.6) is 0 Å². The average molecular weight is 309 g/mol. The average Bonchev–Trinajstić information content (AvgIpc) is 2.57. The van der Waals surface area contributed by atoms with Gasteiger partial charge in [-0.1, -0.05) is 29.8 Å². The molecule has 4 heteroatoms. The second kappa shape index (κ2) is 8.13. The fourth-order valence-electron chi connectivity index (χ4n) is 2.38. The van der Waals surface area contributed by atoms with Gasteiger partial charge in [0.2, 0.25) is 0 Å². The van der Waals surface area contributed by atoms with Crippen LogP contribution in [0.3, 0.4) is 0 Å². The molecular formula is C19H23N3O. The van der Waals surface area contributed by atoms with Gasteiger partial charge in [-0.2, -0.15) is 5.10 Å². The van der Waals surface area contributed by atoms with E-state index in [1.807, 2.05) is 37.3 Å². The molecule has 0 saturated carbocycles. The maximum Gasteiger partial charge on any atom is 0.271 e. The first kappa shape index (κ1) is 16.7. The van der Waals surface area contributed by atoms with Crippen LogP contribution in [0.4, 0.5) is 5.69 Å². The number of hydrogen-bond donors (Lipinski definition) is 1. The van der Waals surface area contributed by atoms with Gasteiger partial charge in [-0.05, 0) is 50.6 Å². The van der Waals surface area contributed by atoms with E-state index in [1.54, 1.807) is 12.3 Å². The molecule has 0 unspecified atom stereocenters. The number of amides is 1. The lowest BCUT2D eigenvalue weighted by molar-refractivity contribution is 0.0955. The Bertz CT molecular complexity index is 673. The van der Waals surface area contributed by atoms with E-state index in [0.717, 1.165) is 24.2 Å². The third kappa shape index (κ3) is 4.68. The molecule has 1 N–H and O–H groups in total. The summed E-state index contributed by atoms with van der Waals surface area (Å²) in [4.78, 5) is 14.3. The Morgan fingerprint density at radius 2 is 1.83 bits per heavy atom. The van der Waals surface area contributed by atoms with Crippen molar-refractivity contribution in [1.29, 1.82) is 0 Å². The number of nitrogens with zero attached hydrogens (tertiary/aromatic N) is 2. The molecule has 2 rings (SSSR count). The molecule has 0 aliphatic carbocycles. The van der Waals surface area contributed by atoms with Crippen LogP contribution in [0.25, 0.3) is 0 Å². The Morgan fingerprint density at radius 3 is 2.43 bits per heavy atom. The summed E-state index contributed by atoms with van der Waals surface area (Å²) in [5.41, 5.74) is 6.35. The van der Waals surface area contributed by atoms with Gasteiger partial charge in [0.15, 0.2) is 0 Å². The van der Waals surface area contributed by atoms with Crippen LogP contribution in [0.15, 0.2) is 53.6 Å². The molecule has 0 radical (unpaired) electrons. The molecule has 120 valence electrons. The zero-order valence-electron chi connectivity index (χ0n) is 13.9. The Morgan fingerprint density at radius 1 is 1.13 bits per heavy atom. The summed E-state index contributed by atoms with van der Waals surface area (Å²) < 4.78 is 0. The quantitative estimate of drug-likeness (QED) is 0.654. The normalized spacial score (nSPS) is 10.7. The lowest BCUT2D eigenvalue weighted by Crippen LogP contribution is -2.21. The van der Waals surface area contributed by atoms with E-state index in [1.165, 1.54) is 5.69 Å². The van der Waals surface area contributed by atoms with Crippen molar-refractivity contribution in [3.8, 4) is 0 Å².